The van der Waals surface area contributed by atoms with Gasteiger partial charge >= 0.3 is 5.97 Å². The summed E-state index contributed by atoms with van der Waals surface area (Å²) in [6.07, 6.45) is 0.0752. The predicted octanol–water partition coefficient (Wildman–Crippen LogP) is 2.86. The number of hydrogen-bond acceptors (Lipinski definition) is 3. The third kappa shape index (κ3) is 4.53. The third-order valence-corrected chi connectivity index (χ3v) is 4.83. The van der Waals surface area contributed by atoms with Gasteiger partial charge in [-0.25, -0.2) is 0 Å². The molecule has 3 rings (SSSR count). The number of carbonyl (C=O) groups excluding carboxylic acids is 2. The van der Waals surface area contributed by atoms with E-state index in [1.807, 2.05) is 37.3 Å². The van der Waals surface area contributed by atoms with Crippen LogP contribution in [-0.4, -0.2) is 34.3 Å². The van der Waals surface area contributed by atoms with Gasteiger partial charge in [0.15, 0.2) is 0 Å². The summed E-state index contributed by atoms with van der Waals surface area (Å²) in [6, 6.07) is 16.4. The number of anilines is 1. The molecule has 0 spiro atoms. The van der Waals surface area contributed by atoms with E-state index in [2.05, 4.69) is 5.32 Å². The van der Waals surface area contributed by atoms with E-state index in [-0.39, 0.29) is 30.7 Å². The van der Waals surface area contributed by atoms with Crippen molar-refractivity contribution in [1.82, 2.24) is 4.90 Å². The minimum absolute atomic E-state index is 0.0360. The molecular formula is C21H22N2O4. The van der Waals surface area contributed by atoms with Gasteiger partial charge in [-0.1, -0.05) is 42.5 Å². The lowest BCUT2D eigenvalue weighted by Gasteiger charge is -2.25. The second-order valence-corrected chi connectivity index (χ2v) is 6.79. The zero-order valence-corrected chi connectivity index (χ0v) is 15.1. The van der Waals surface area contributed by atoms with Crippen molar-refractivity contribution in [3.05, 3.63) is 65.7 Å². The average molecular weight is 366 g/mol. The summed E-state index contributed by atoms with van der Waals surface area (Å²) in [5.41, 5.74) is 2.19. The van der Waals surface area contributed by atoms with Gasteiger partial charge in [0.05, 0.1) is 18.4 Å². The molecule has 6 heteroatoms. The maximum Gasteiger partial charge on any atom is 0.307 e. The number of likely N-dealkylation sites (tertiary alicyclic amines) is 1. The van der Waals surface area contributed by atoms with Crippen molar-refractivity contribution in [1.29, 1.82) is 0 Å². The van der Waals surface area contributed by atoms with Crippen molar-refractivity contribution in [3.63, 3.8) is 0 Å². The maximum absolute atomic E-state index is 12.6. The summed E-state index contributed by atoms with van der Waals surface area (Å²) in [5.74, 6) is -1.61. The van der Waals surface area contributed by atoms with E-state index in [0.717, 1.165) is 5.56 Å². The molecule has 1 fully saturated rings. The van der Waals surface area contributed by atoms with Crippen LogP contribution in [0.5, 0.6) is 0 Å². The number of hydrogen-bond donors (Lipinski definition) is 2. The van der Waals surface area contributed by atoms with Gasteiger partial charge in [0, 0.05) is 18.7 Å². The van der Waals surface area contributed by atoms with E-state index in [4.69, 9.17) is 5.11 Å². The Morgan fingerprint density at radius 2 is 1.93 bits per heavy atom. The first kappa shape index (κ1) is 18.6. The first-order valence-corrected chi connectivity index (χ1v) is 8.90. The zero-order valence-electron chi connectivity index (χ0n) is 15.1. The van der Waals surface area contributed by atoms with Gasteiger partial charge in [-0.2, -0.15) is 0 Å². The minimum atomic E-state index is -0.926. The molecule has 2 atom stereocenters. The molecule has 0 radical (unpaired) electrons. The first-order valence-electron chi connectivity index (χ1n) is 8.90. The zero-order chi connectivity index (χ0) is 19.4. The monoisotopic (exact) mass is 366 g/mol. The molecule has 1 saturated heterocycles. The normalized spacial score (nSPS) is 17.6. The van der Waals surface area contributed by atoms with Gasteiger partial charge in [0.2, 0.25) is 11.8 Å². The first-order chi connectivity index (χ1) is 12.9. The van der Waals surface area contributed by atoms with Crippen LogP contribution in [0.1, 0.15) is 30.5 Å². The number of carbonyl (C=O) groups is 3. The van der Waals surface area contributed by atoms with Crippen LogP contribution in [0.2, 0.25) is 0 Å². The van der Waals surface area contributed by atoms with E-state index in [1.165, 1.54) is 0 Å². The van der Waals surface area contributed by atoms with Crippen LogP contribution < -0.4 is 5.32 Å². The Kier molecular flexibility index (Phi) is 5.54. The summed E-state index contributed by atoms with van der Waals surface area (Å²) < 4.78 is 0. The van der Waals surface area contributed by atoms with Gasteiger partial charge in [0.1, 0.15) is 0 Å². The van der Waals surface area contributed by atoms with E-state index in [1.54, 1.807) is 29.2 Å². The van der Waals surface area contributed by atoms with Crippen molar-refractivity contribution in [2.24, 2.45) is 5.92 Å². The summed E-state index contributed by atoms with van der Waals surface area (Å²) in [6.45, 7) is 2.33. The standard InChI is InChI=1S/C21H22N2O4/c1-14(16-7-3-2-4-8-16)23-13-17(12-19(23)24)21(27)22-18-9-5-6-15(10-18)11-20(25)26/h2-10,14,17H,11-13H2,1H3,(H,22,27)(H,25,26)/t14-,17+/m1/s1. The molecule has 0 aromatic heterocycles. The Labute approximate surface area is 157 Å². The molecule has 0 aliphatic carbocycles. The van der Waals surface area contributed by atoms with Crippen molar-refractivity contribution in [3.8, 4) is 0 Å². The molecule has 1 aliphatic heterocycles. The molecule has 2 aromatic carbocycles. The number of amides is 2. The molecule has 0 saturated carbocycles. The van der Waals surface area contributed by atoms with E-state index in [0.29, 0.717) is 17.8 Å². The quantitative estimate of drug-likeness (QED) is 0.823. The molecule has 6 nitrogen and oxygen atoms in total. The molecule has 0 unspecified atom stereocenters. The SMILES string of the molecule is C[C@H](c1ccccc1)N1C[C@@H](C(=O)Nc2cccc(CC(=O)O)c2)CC1=O. The molecule has 2 N–H and O–H groups in total. The summed E-state index contributed by atoms with van der Waals surface area (Å²) >= 11 is 0. The molecule has 27 heavy (non-hydrogen) atoms. The fourth-order valence-corrected chi connectivity index (χ4v) is 3.37. The highest BCUT2D eigenvalue weighted by atomic mass is 16.4. The highest BCUT2D eigenvalue weighted by molar-refractivity contribution is 5.97. The van der Waals surface area contributed by atoms with Crippen LogP contribution in [0.4, 0.5) is 5.69 Å². The topological polar surface area (TPSA) is 86.7 Å². The Morgan fingerprint density at radius 3 is 2.63 bits per heavy atom. The summed E-state index contributed by atoms with van der Waals surface area (Å²) in [5, 5.41) is 11.7. The fourth-order valence-electron chi connectivity index (χ4n) is 3.37. The second kappa shape index (κ2) is 8.03. The Bertz CT molecular complexity index is 850. The molecular weight excluding hydrogens is 344 g/mol. The van der Waals surface area contributed by atoms with E-state index < -0.39 is 11.9 Å². The van der Waals surface area contributed by atoms with Crippen LogP contribution in [0.15, 0.2) is 54.6 Å². The van der Waals surface area contributed by atoms with Crippen LogP contribution in [0.3, 0.4) is 0 Å². The van der Waals surface area contributed by atoms with Crippen LogP contribution in [0, 0.1) is 5.92 Å². The predicted molar refractivity (Wildman–Crippen MR) is 101 cm³/mol. The molecule has 0 bridgehead atoms. The van der Waals surface area contributed by atoms with Crippen LogP contribution in [0.25, 0.3) is 0 Å². The number of carboxylic acids is 1. The number of aliphatic carboxylic acids is 1. The van der Waals surface area contributed by atoms with Crippen LogP contribution in [-0.2, 0) is 20.8 Å². The third-order valence-electron chi connectivity index (χ3n) is 4.83. The summed E-state index contributed by atoms with van der Waals surface area (Å²) in [7, 11) is 0. The second-order valence-electron chi connectivity index (χ2n) is 6.79. The summed E-state index contributed by atoms with van der Waals surface area (Å²) in [4.78, 5) is 37.6. The number of rotatable bonds is 6. The number of nitrogens with zero attached hydrogens (tertiary/aromatic N) is 1. The highest BCUT2D eigenvalue weighted by Gasteiger charge is 2.37. The molecule has 2 amide bonds. The molecule has 140 valence electrons. The van der Waals surface area contributed by atoms with Crippen LogP contribution >= 0.6 is 0 Å². The van der Waals surface area contributed by atoms with E-state index in [9.17, 15) is 14.4 Å². The van der Waals surface area contributed by atoms with Gasteiger partial charge < -0.3 is 15.3 Å². The molecule has 1 aliphatic rings. The van der Waals surface area contributed by atoms with Gasteiger partial charge in [0.25, 0.3) is 0 Å². The van der Waals surface area contributed by atoms with Gasteiger partial charge in [-0.15, -0.1) is 0 Å². The lowest BCUT2D eigenvalue weighted by molar-refractivity contribution is -0.136. The molecule has 1 heterocycles. The van der Waals surface area contributed by atoms with Gasteiger partial charge in [-0.3, -0.25) is 14.4 Å². The van der Waals surface area contributed by atoms with E-state index >= 15 is 0 Å². The number of nitrogens with one attached hydrogen (secondary N) is 1. The fraction of sp³-hybridized carbons (Fsp3) is 0.286. The largest absolute Gasteiger partial charge is 0.481 e. The van der Waals surface area contributed by atoms with Crippen molar-refractivity contribution in [2.75, 3.05) is 11.9 Å². The Balaban J connectivity index is 1.65. The number of carboxylic acid groups (broad SMARTS) is 1. The van der Waals surface area contributed by atoms with Crippen molar-refractivity contribution < 1.29 is 19.5 Å². The minimum Gasteiger partial charge on any atom is -0.481 e. The van der Waals surface area contributed by atoms with Crippen molar-refractivity contribution >= 4 is 23.5 Å². The lowest BCUT2D eigenvalue weighted by atomic mass is 10.1. The Morgan fingerprint density at radius 1 is 1.19 bits per heavy atom. The molecule has 2 aromatic rings. The maximum atomic E-state index is 12.6. The Hall–Kier alpha value is -3.15. The smallest absolute Gasteiger partial charge is 0.307 e. The van der Waals surface area contributed by atoms with Crippen molar-refractivity contribution in [2.45, 2.75) is 25.8 Å². The van der Waals surface area contributed by atoms with Gasteiger partial charge in [-0.05, 0) is 30.2 Å². The highest BCUT2D eigenvalue weighted by Crippen LogP contribution is 2.29. The lowest BCUT2D eigenvalue weighted by Crippen LogP contribution is -2.30. The average Bonchev–Trinajstić information content (AvgIpc) is 3.03. The number of benzene rings is 2.